The van der Waals surface area contributed by atoms with Crippen molar-refractivity contribution in [3.05, 3.63) is 29.3 Å². The summed E-state index contributed by atoms with van der Waals surface area (Å²) < 4.78 is 48.9. The summed E-state index contributed by atoms with van der Waals surface area (Å²) in [6.07, 6.45) is 0. The summed E-state index contributed by atoms with van der Waals surface area (Å²) in [5.41, 5.74) is 1.26. The molecule has 0 radical (unpaired) electrons. The molecule has 198 valence electrons. The van der Waals surface area contributed by atoms with E-state index in [2.05, 4.69) is 5.32 Å². The third kappa shape index (κ3) is 18.2. The minimum absolute atomic E-state index is 0.0504. The maximum atomic E-state index is 11.3. The van der Waals surface area contributed by atoms with E-state index in [9.17, 15) is 14.6 Å². The minimum Gasteiger partial charge on any atom is -0.491 e. The Bertz CT molecular complexity index is 673. The van der Waals surface area contributed by atoms with E-state index in [1.165, 1.54) is 0 Å². The second-order valence-electron chi connectivity index (χ2n) is 7.23. The predicted octanol–water partition coefficient (Wildman–Crippen LogP) is 1.19. The average Bonchev–Trinajstić information content (AvgIpc) is 2.81. The van der Waals surface area contributed by atoms with E-state index in [1.54, 1.807) is 18.2 Å². The first-order valence-electron chi connectivity index (χ1n) is 11.3. The molecule has 0 spiro atoms. The SMILES string of the molecule is CNCCOCCOCCOCCOCCOCCOc1cc(CO)cc(COP(C)(=O)O)c1. The average molecular weight is 510 g/mol. The summed E-state index contributed by atoms with van der Waals surface area (Å²) >= 11 is 0. The number of ether oxygens (including phenoxy) is 6. The fraction of sp³-hybridized carbons (Fsp3) is 0.727. The van der Waals surface area contributed by atoms with Crippen LogP contribution in [-0.2, 0) is 46.0 Å². The third-order valence-corrected chi connectivity index (χ3v) is 4.77. The molecular formula is C22H40NO10P. The van der Waals surface area contributed by atoms with Gasteiger partial charge in [0.25, 0.3) is 0 Å². The predicted molar refractivity (Wildman–Crippen MR) is 126 cm³/mol. The van der Waals surface area contributed by atoms with Gasteiger partial charge < -0.3 is 48.3 Å². The molecule has 0 amide bonds. The summed E-state index contributed by atoms with van der Waals surface area (Å²) in [7, 11) is -1.70. The number of aliphatic hydroxyl groups excluding tert-OH is 1. The zero-order valence-corrected chi connectivity index (χ0v) is 21.1. The van der Waals surface area contributed by atoms with Gasteiger partial charge in [0.05, 0.1) is 79.3 Å². The van der Waals surface area contributed by atoms with Crippen LogP contribution < -0.4 is 10.1 Å². The molecule has 0 aromatic heterocycles. The van der Waals surface area contributed by atoms with Gasteiger partial charge in [-0.1, -0.05) is 6.07 Å². The van der Waals surface area contributed by atoms with E-state index in [1.807, 2.05) is 7.05 Å². The van der Waals surface area contributed by atoms with Crippen LogP contribution in [0.5, 0.6) is 5.75 Å². The summed E-state index contributed by atoms with van der Waals surface area (Å²) in [6.45, 7) is 7.09. The van der Waals surface area contributed by atoms with Crippen molar-refractivity contribution in [1.29, 1.82) is 0 Å². The Morgan fingerprint density at radius 2 is 1.24 bits per heavy atom. The van der Waals surface area contributed by atoms with Crippen molar-refractivity contribution < 1.29 is 47.5 Å². The molecule has 1 aromatic rings. The number of rotatable bonds is 23. The number of aliphatic hydroxyl groups is 1. The molecule has 1 atom stereocenters. The van der Waals surface area contributed by atoms with Gasteiger partial charge in [0.1, 0.15) is 12.4 Å². The zero-order chi connectivity index (χ0) is 24.9. The smallest absolute Gasteiger partial charge is 0.325 e. The molecule has 1 rings (SSSR count). The van der Waals surface area contributed by atoms with Gasteiger partial charge in [-0.25, -0.2) is 0 Å². The minimum atomic E-state index is -3.58. The number of hydrogen-bond donors (Lipinski definition) is 3. The first kappa shape index (κ1) is 30.9. The van der Waals surface area contributed by atoms with Crippen LogP contribution in [-0.4, -0.2) is 103 Å². The molecule has 3 N–H and O–H groups in total. The fourth-order valence-corrected chi connectivity index (χ4v) is 2.94. The van der Waals surface area contributed by atoms with Crippen LogP contribution in [0.15, 0.2) is 18.2 Å². The monoisotopic (exact) mass is 509 g/mol. The van der Waals surface area contributed by atoms with E-state index in [4.69, 9.17) is 32.9 Å². The molecule has 0 aliphatic heterocycles. The van der Waals surface area contributed by atoms with Gasteiger partial charge in [0, 0.05) is 13.2 Å². The van der Waals surface area contributed by atoms with Crippen molar-refractivity contribution in [2.24, 2.45) is 0 Å². The number of hydrogen-bond acceptors (Lipinski definition) is 10. The Kier molecular flexibility index (Phi) is 18.3. The topological polar surface area (TPSA) is 134 Å². The quantitative estimate of drug-likeness (QED) is 0.145. The van der Waals surface area contributed by atoms with E-state index < -0.39 is 7.60 Å². The standard InChI is InChI=1S/C22H40NO10P/c1-23-3-4-27-5-6-28-7-8-29-9-10-30-11-12-31-13-14-32-22-16-20(18-24)15-21(17-22)19-33-34(2,25)26/h15-17,23-24H,3-14,18-19H2,1-2H3,(H,25,26). The van der Waals surface area contributed by atoms with E-state index in [0.29, 0.717) is 89.6 Å². The van der Waals surface area contributed by atoms with Crippen LogP contribution in [0, 0.1) is 0 Å². The molecule has 0 bridgehead atoms. The van der Waals surface area contributed by atoms with Crippen LogP contribution in [0.2, 0.25) is 0 Å². The lowest BCUT2D eigenvalue weighted by Crippen LogP contribution is -2.17. The van der Waals surface area contributed by atoms with Crippen molar-refractivity contribution >= 4 is 7.60 Å². The second kappa shape index (κ2) is 20.1. The van der Waals surface area contributed by atoms with Crippen molar-refractivity contribution in [2.75, 3.05) is 92.9 Å². The Morgan fingerprint density at radius 3 is 1.71 bits per heavy atom. The number of benzene rings is 1. The summed E-state index contributed by atoms with van der Waals surface area (Å²) in [5, 5.41) is 12.4. The van der Waals surface area contributed by atoms with Crippen molar-refractivity contribution in [1.82, 2.24) is 5.32 Å². The van der Waals surface area contributed by atoms with E-state index >= 15 is 0 Å². The Labute approximate surface area is 202 Å². The van der Waals surface area contributed by atoms with E-state index in [-0.39, 0.29) is 13.2 Å². The van der Waals surface area contributed by atoms with Crippen LogP contribution in [0.4, 0.5) is 0 Å². The van der Waals surface area contributed by atoms with Crippen molar-refractivity contribution in [3.63, 3.8) is 0 Å². The molecule has 0 saturated carbocycles. The summed E-state index contributed by atoms with van der Waals surface area (Å²) in [6, 6.07) is 5.08. The molecule has 1 aromatic carbocycles. The lowest BCUT2D eigenvalue weighted by molar-refractivity contribution is -0.0124. The molecule has 34 heavy (non-hydrogen) atoms. The van der Waals surface area contributed by atoms with Crippen molar-refractivity contribution in [3.8, 4) is 5.75 Å². The van der Waals surface area contributed by atoms with Gasteiger partial charge in [0.15, 0.2) is 0 Å². The number of nitrogens with one attached hydrogen (secondary N) is 1. The Balaban J connectivity index is 1.98. The van der Waals surface area contributed by atoms with Gasteiger partial charge in [-0.2, -0.15) is 0 Å². The highest BCUT2D eigenvalue weighted by atomic mass is 31.2. The van der Waals surface area contributed by atoms with Crippen LogP contribution in [0.3, 0.4) is 0 Å². The first-order valence-corrected chi connectivity index (χ1v) is 13.3. The lowest BCUT2D eigenvalue weighted by atomic mass is 10.1. The highest BCUT2D eigenvalue weighted by Gasteiger charge is 2.11. The molecule has 0 heterocycles. The molecular weight excluding hydrogens is 469 g/mol. The van der Waals surface area contributed by atoms with Gasteiger partial charge >= 0.3 is 7.60 Å². The molecule has 0 aliphatic carbocycles. The molecule has 11 nitrogen and oxygen atoms in total. The maximum Gasteiger partial charge on any atom is 0.325 e. The molecule has 12 heteroatoms. The molecule has 1 unspecified atom stereocenters. The molecule has 0 fully saturated rings. The van der Waals surface area contributed by atoms with Crippen LogP contribution in [0.25, 0.3) is 0 Å². The summed E-state index contributed by atoms with van der Waals surface area (Å²) in [4.78, 5) is 9.26. The maximum absolute atomic E-state index is 11.3. The number of likely N-dealkylation sites (N-methyl/N-ethyl adjacent to an activating group) is 1. The third-order valence-electron chi connectivity index (χ3n) is 4.16. The normalized spacial score (nSPS) is 13.2. The van der Waals surface area contributed by atoms with Gasteiger partial charge in [0.2, 0.25) is 0 Å². The van der Waals surface area contributed by atoms with Crippen LogP contribution in [0.1, 0.15) is 11.1 Å². The van der Waals surface area contributed by atoms with Gasteiger partial charge in [-0.15, -0.1) is 0 Å². The Hall–Kier alpha value is -1.11. The lowest BCUT2D eigenvalue weighted by Gasteiger charge is -2.12. The molecule has 0 saturated heterocycles. The fourth-order valence-electron chi connectivity index (χ4n) is 2.56. The molecule has 0 aliphatic rings. The first-order chi connectivity index (χ1) is 16.4. The highest BCUT2D eigenvalue weighted by molar-refractivity contribution is 7.51. The highest BCUT2D eigenvalue weighted by Crippen LogP contribution is 2.38. The zero-order valence-electron chi connectivity index (χ0n) is 20.2. The van der Waals surface area contributed by atoms with Crippen LogP contribution >= 0.6 is 7.60 Å². The Morgan fingerprint density at radius 1 is 0.765 bits per heavy atom. The van der Waals surface area contributed by atoms with E-state index in [0.717, 1.165) is 13.2 Å². The second-order valence-corrected chi connectivity index (χ2v) is 9.10. The van der Waals surface area contributed by atoms with Crippen molar-refractivity contribution in [2.45, 2.75) is 13.2 Å². The summed E-state index contributed by atoms with van der Waals surface area (Å²) in [5.74, 6) is 0.524. The van der Waals surface area contributed by atoms with Gasteiger partial charge in [-0.05, 0) is 30.3 Å². The van der Waals surface area contributed by atoms with Gasteiger partial charge in [-0.3, -0.25) is 4.57 Å². The largest absolute Gasteiger partial charge is 0.491 e.